The molecule has 1 aliphatic rings. The average Bonchev–Trinajstić information content (AvgIpc) is 3.15. The van der Waals surface area contributed by atoms with E-state index < -0.39 is 40.2 Å². The van der Waals surface area contributed by atoms with Crippen molar-refractivity contribution in [1.82, 2.24) is 5.48 Å². The van der Waals surface area contributed by atoms with Crippen LogP contribution in [0.2, 0.25) is 0 Å². The molecule has 0 saturated carbocycles. The van der Waals surface area contributed by atoms with Crippen LogP contribution in [0.25, 0.3) is 0 Å². The van der Waals surface area contributed by atoms with Gasteiger partial charge in [0.25, 0.3) is 10.1 Å². The minimum Gasteiger partial charge on any atom is -0.460 e. The molecule has 1 heterocycles. The Bertz CT molecular complexity index is 997. The van der Waals surface area contributed by atoms with Gasteiger partial charge in [-0.3, -0.25) is 13.8 Å². The van der Waals surface area contributed by atoms with Gasteiger partial charge in [-0.15, -0.1) is 0 Å². The van der Waals surface area contributed by atoms with Gasteiger partial charge in [0.05, 0.1) is 31.4 Å². The van der Waals surface area contributed by atoms with Crippen molar-refractivity contribution in [2.24, 2.45) is 5.92 Å². The second-order valence-electron chi connectivity index (χ2n) is 7.32. The first-order chi connectivity index (χ1) is 15.3. The molecule has 32 heavy (non-hydrogen) atoms. The summed E-state index contributed by atoms with van der Waals surface area (Å²) < 4.78 is 39.3. The average molecular weight is 464 g/mol. The number of carbonyl (C=O) groups excluding carboxylic acids is 2. The van der Waals surface area contributed by atoms with Crippen molar-refractivity contribution in [3.05, 3.63) is 71.8 Å². The third-order valence-corrected chi connectivity index (χ3v) is 5.39. The van der Waals surface area contributed by atoms with Crippen molar-refractivity contribution in [3.8, 4) is 0 Å². The third kappa shape index (κ3) is 7.41. The van der Waals surface area contributed by atoms with Crippen molar-refractivity contribution in [2.45, 2.75) is 25.2 Å². The summed E-state index contributed by atoms with van der Waals surface area (Å²) in [6.07, 6.45) is -0.994. The fourth-order valence-corrected chi connectivity index (χ4v) is 3.95. The summed E-state index contributed by atoms with van der Waals surface area (Å²) >= 11 is 0. The smallest absolute Gasteiger partial charge is 0.338 e. The summed E-state index contributed by atoms with van der Waals surface area (Å²) in [7, 11) is -3.89. The van der Waals surface area contributed by atoms with Gasteiger partial charge in [0.2, 0.25) is 0 Å². The highest BCUT2D eigenvalue weighted by atomic mass is 32.2. The summed E-state index contributed by atoms with van der Waals surface area (Å²) in [5.74, 6) is -1.78. The summed E-state index contributed by atoms with van der Waals surface area (Å²) in [4.78, 5) is 29.6. The van der Waals surface area contributed by atoms with E-state index in [-0.39, 0.29) is 19.6 Å². The zero-order valence-corrected chi connectivity index (χ0v) is 18.3. The van der Waals surface area contributed by atoms with Gasteiger partial charge in [0, 0.05) is 5.92 Å². The van der Waals surface area contributed by atoms with E-state index in [1.54, 1.807) is 30.3 Å². The Morgan fingerprint density at radius 2 is 1.78 bits per heavy atom. The molecule has 10 heteroatoms. The molecule has 1 saturated heterocycles. The van der Waals surface area contributed by atoms with Gasteiger partial charge < -0.3 is 9.47 Å². The number of carbonyl (C=O) groups is 2. The molecule has 0 spiro atoms. The molecule has 2 aromatic carbocycles. The van der Waals surface area contributed by atoms with Gasteiger partial charge in [0.1, 0.15) is 18.8 Å². The third-order valence-electron chi connectivity index (χ3n) is 4.80. The topological polar surface area (TPSA) is 117 Å². The van der Waals surface area contributed by atoms with Gasteiger partial charge >= 0.3 is 11.9 Å². The maximum atomic E-state index is 12.3. The van der Waals surface area contributed by atoms with Crippen molar-refractivity contribution in [2.75, 3.05) is 19.4 Å². The molecule has 0 radical (unpaired) electrons. The summed E-state index contributed by atoms with van der Waals surface area (Å²) in [6.45, 7) is 0.0487. The Hall–Kier alpha value is -2.79. The number of nitrogens with one attached hydrogen (secondary N) is 1. The molecule has 1 fully saturated rings. The van der Waals surface area contributed by atoms with E-state index in [0.29, 0.717) is 12.2 Å². The van der Waals surface area contributed by atoms with E-state index in [4.69, 9.17) is 18.5 Å². The van der Waals surface area contributed by atoms with Crippen LogP contribution in [0.15, 0.2) is 60.7 Å². The van der Waals surface area contributed by atoms with Crippen LogP contribution in [-0.4, -0.2) is 52.0 Å². The lowest BCUT2D eigenvalue weighted by atomic mass is 9.95. The number of benzene rings is 2. The van der Waals surface area contributed by atoms with E-state index in [0.717, 1.165) is 11.8 Å². The maximum absolute atomic E-state index is 12.3. The number of esters is 2. The van der Waals surface area contributed by atoms with Crippen molar-refractivity contribution in [1.29, 1.82) is 0 Å². The molecular weight excluding hydrogens is 438 g/mol. The molecule has 2 aromatic rings. The number of cyclic esters (lactones) is 1. The molecule has 0 bridgehead atoms. The van der Waals surface area contributed by atoms with Gasteiger partial charge in [-0.2, -0.15) is 13.9 Å². The standard InChI is InChI=1S/C22H25NO8S/c1-32(26,27)31-20(15-28-22(25)17-10-6-3-7-11-17)18-12-21(24)30-19(18)13-23-29-14-16-8-4-2-5-9-16/h2-11,18-20,23H,12-15H2,1H3/t18-,19-,20-/m0/s1. The van der Waals surface area contributed by atoms with Crippen LogP contribution in [0.5, 0.6) is 0 Å². The monoisotopic (exact) mass is 463 g/mol. The quantitative estimate of drug-likeness (QED) is 0.230. The van der Waals surface area contributed by atoms with Gasteiger partial charge in [-0.25, -0.2) is 4.79 Å². The largest absolute Gasteiger partial charge is 0.460 e. The molecule has 0 unspecified atom stereocenters. The molecule has 1 N–H and O–H groups in total. The number of hydroxylamine groups is 1. The lowest BCUT2D eigenvalue weighted by Gasteiger charge is -2.25. The second kappa shape index (κ2) is 11.2. The zero-order chi connectivity index (χ0) is 23.0. The van der Waals surface area contributed by atoms with Gasteiger partial charge in [0.15, 0.2) is 0 Å². The highest BCUT2D eigenvalue weighted by Gasteiger charge is 2.42. The minimum atomic E-state index is -3.89. The summed E-state index contributed by atoms with van der Waals surface area (Å²) in [5, 5.41) is 0. The highest BCUT2D eigenvalue weighted by molar-refractivity contribution is 7.86. The molecular formula is C22H25NO8S. The summed E-state index contributed by atoms with van der Waals surface area (Å²) in [5.41, 5.74) is 4.01. The second-order valence-corrected chi connectivity index (χ2v) is 8.92. The Kier molecular flexibility index (Phi) is 8.34. The van der Waals surface area contributed by atoms with Crippen molar-refractivity contribution < 1.29 is 36.5 Å². The first-order valence-electron chi connectivity index (χ1n) is 10.0. The van der Waals surface area contributed by atoms with Crippen LogP contribution in [-0.2, 0) is 40.0 Å². The Labute approximate surface area is 186 Å². The summed E-state index contributed by atoms with van der Waals surface area (Å²) in [6, 6.07) is 17.7. The van der Waals surface area contributed by atoms with E-state index >= 15 is 0 Å². The predicted octanol–water partition coefficient (Wildman–Crippen LogP) is 1.84. The Balaban J connectivity index is 1.60. The van der Waals surface area contributed by atoms with Crippen LogP contribution >= 0.6 is 0 Å². The molecule has 3 rings (SSSR count). The Morgan fingerprint density at radius 3 is 2.44 bits per heavy atom. The minimum absolute atomic E-state index is 0.0753. The molecule has 0 aromatic heterocycles. The first kappa shape index (κ1) is 23.9. The Morgan fingerprint density at radius 1 is 1.12 bits per heavy atom. The normalized spacial score (nSPS) is 19.3. The number of ether oxygens (including phenoxy) is 2. The zero-order valence-electron chi connectivity index (χ0n) is 17.5. The lowest BCUT2D eigenvalue weighted by molar-refractivity contribution is -0.142. The van der Waals surface area contributed by atoms with Crippen molar-refractivity contribution in [3.63, 3.8) is 0 Å². The maximum Gasteiger partial charge on any atom is 0.338 e. The van der Waals surface area contributed by atoms with E-state index in [9.17, 15) is 18.0 Å². The van der Waals surface area contributed by atoms with Crippen molar-refractivity contribution >= 4 is 22.1 Å². The van der Waals surface area contributed by atoms with Gasteiger partial charge in [-0.1, -0.05) is 48.5 Å². The van der Waals surface area contributed by atoms with Crippen LogP contribution < -0.4 is 5.48 Å². The molecule has 3 atom stereocenters. The fourth-order valence-electron chi connectivity index (χ4n) is 3.30. The predicted molar refractivity (Wildman–Crippen MR) is 114 cm³/mol. The SMILES string of the molecule is CS(=O)(=O)O[C@@H](COC(=O)c1ccccc1)[C@H]1CC(=O)O[C@H]1CNOCc1ccccc1. The fraction of sp³-hybridized carbons (Fsp3) is 0.364. The number of hydrogen-bond acceptors (Lipinski definition) is 9. The molecule has 1 aliphatic heterocycles. The van der Waals surface area contributed by atoms with Gasteiger partial charge in [-0.05, 0) is 17.7 Å². The lowest BCUT2D eigenvalue weighted by Crippen LogP contribution is -2.41. The highest BCUT2D eigenvalue weighted by Crippen LogP contribution is 2.28. The van der Waals surface area contributed by atoms with Crippen LogP contribution in [0.4, 0.5) is 0 Å². The molecule has 9 nitrogen and oxygen atoms in total. The number of rotatable bonds is 11. The van der Waals surface area contributed by atoms with Crippen LogP contribution in [0.1, 0.15) is 22.3 Å². The first-order valence-corrected chi connectivity index (χ1v) is 11.8. The molecule has 0 amide bonds. The van der Waals surface area contributed by atoms with E-state index in [1.165, 1.54) is 0 Å². The number of hydrogen-bond donors (Lipinski definition) is 1. The van der Waals surface area contributed by atoms with Crippen LogP contribution in [0, 0.1) is 5.92 Å². The molecule has 172 valence electrons. The van der Waals surface area contributed by atoms with Crippen LogP contribution in [0.3, 0.4) is 0 Å². The van der Waals surface area contributed by atoms with E-state index in [2.05, 4.69) is 5.48 Å². The molecule has 0 aliphatic carbocycles. The van der Waals surface area contributed by atoms with E-state index in [1.807, 2.05) is 30.3 Å².